The number of carbonyl (C=O) groups excluding carboxylic acids is 1. The summed E-state index contributed by atoms with van der Waals surface area (Å²) in [5.74, 6) is 2.46. The lowest BCUT2D eigenvalue weighted by atomic mass is 9.99. The molecule has 0 aliphatic carbocycles. The van der Waals surface area contributed by atoms with Crippen LogP contribution < -0.4 is 15.0 Å². The fraction of sp³-hybridized carbons (Fsp3) is 0.292. The molecular weight excluding hydrogens is 376 g/mol. The number of aromatic nitrogens is 2. The molecule has 0 saturated carbocycles. The molecule has 0 unspecified atom stereocenters. The first-order valence-electron chi connectivity index (χ1n) is 10.3. The van der Waals surface area contributed by atoms with Gasteiger partial charge >= 0.3 is 0 Å². The summed E-state index contributed by atoms with van der Waals surface area (Å²) in [5.41, 5.74) is 2.48. The molecule has 0 bridgehead atoms. The number of rotatable bonds is 5. The van der Waals surface area contributed by atoms with Gasteiger partial charge in [0.05, 0.1) is 0 Å². The second kappa shape index (κ2) is 8.95. The van der Waals surface area contributed by atoms with Gasteiger partial charge in [0.15, 0.2) is 5.82 Å². The molecule has 2 heterocycles. The summed E-state index contributed by atoms with van der Waals surface area (Å²) < 4.78 is 6.01. The predicted molar refractivity (Wildman–Crippen MR) is 118 cm³/mol. The van der Waals surface area contributed by atoms with Crippen molar-refractivity contribution in [3.63, 3.8) is 0 Å². The number of aryl methyl sites for hydroxylation is 1. The standard InChI is InChI=1S/C24H26N4O2/c1-17-3-7-20(8-4-17)27-23(29)19-5-9-21(10-6-19)30-24-22(25-13-14-26-24)28-15-11-18(2)12-16-28/h3-10,13-14,18H,11-12,15-16H2,1-2H3,(H,27,29). The van der Waals surface area contributed by atoms with Gasteiger partial charge in [-0.15, -0.1) is 0 Å². The first-order valence-corrected chi connectivity index (χ1v) is 10.3. The van der Waals surface area contributed by atoms with Crippen LogP contribution in [0.5, 0.6) is 11.6 Å². The maximum absolute atomic E-state index is 12.5. The van der Waals surface area contributed by atoms with E-state index in [2.05, 4.69) is 27.1 Å². The molecule has 4 rings (SSSR count). The molecule has 1 saturated heterocycles. The molecule has 1 aliphatic rings. The Morgan fingerprint density at radius 2 is 1.67 bits per heavy atom. The third-order valence-corrected chi connectivity index (χ3v) is 5.37. The zero-order valence-corrected chi connectivity index (χ0v) is 17.3. The van der Waals surface area contributed by atoms with E-state index < -0.39 is 0 Å². The van der Waals surface area contributed by atoms with Crippen LogP contribution in [0, 0.1) is 12.8 Å². The molecule has 0 atom stereocenters. The Morgan fingerprint density at radius 1 is 1.00 bits per heavy atom. The van der Waals surface area contributed by atoms with Crippen molar-refractivity contribution in [1.29, 1.82) is 0 Å². The van der Waals surface area contributed by atoms with E-state index >= 15 is 0 Å². The third kappa shape index (κ3) is 4.76. The average molecular weight is 402 g/mol. The minimum atomic E-state index is -0.159. The maximum atomic E-state index is 12.5. The highest BCUT2D eigenvalue weighted by atomic mass is 16.5. The van der Waals surface area contributed by atoms with Crippen LogP contribution >= 0.6 is 0 Å². The lowest BCUT2D eigenvalue weighted by Gasteiger charge is -2.31. The Morgan fingerprint density at radius 3 is 2.37 bits per heavy atom. The number of anilines is 2. The van der Waals surface area contributed by atoms with E-state index in [-0.39, 0.29) is 5.91 Å². The molecule has 6 nitrogen and oxygen atoms in total. The molecule has 2 aromatic carbocycles. The van der Waals surface area contributed by atoms with Crippen LogP contribution in [0.15, 0.2) is 60.9 Å². The molecule has 1 amide bonds. The van der Waals surface area contributed by atoms with E-state index in [1.807, 2.05) is 31.2 Å². The van der Waals surface area contributed by atoms with Gasteiger partial charge in [0.1, 0.15) is 5.75 Å². The van der Waals surface area contributed by atoms with Gasteiger partial charge in [-0.3, -0.25) is 4.79 Å². The first-order chi connectivity index (χ1) is 14.6. The van der Waals surface area contributed by atoms with Crippen LogP contribution in [0.2, 0.25) is 0 Å². The molecule has 1 N–H and O–H groups in total. The van der Waals surface area contributed by atoms with E-state index in [0.717, 1.165) is 48.9 Å². The summed E-state index contributed by atoms with van der Waals surface area (Å²) in [7, 11) is 0. The maximum Gasteiger partial charge on any atom is 0.263 e. The van der Waals surface area contributed by atoms with Crippen LogP contribution in [-0.4, -0.2) is 29.0 Å². The Labute approximate surface area is 176 Å². The van der Waals surface area contributed by atoms with Crippen LogP contribution in [0.1, 0.15) is 35.7 Å². The van der Waals surface area contributed by atoms with Gasteiger partial charge in [0, 0.05) is 36.7 Å². The van der Waals surface area contributed by atoms with Gasteiger partial charge in [-0.05, 0) is 62.1 Å². The van der Waals surface area contributed by atoms with Crippen molar-refractivity contribution in [2.45, 2.75) is 26.7 Å². The van der Waals surface area contributed by atoms with Gasteiger partial charge in [-0.1, -0.05) is 24.6 Å². The van der Waals surface area contributed by atoms with Crippen molar-refractivity contribution in [2.75, 3.05) is 23.3 Å². The second-order valence-corrected chi connectivity index (χ2v) is 7.80. The van der Waals surface area contributed by atoms with E-state index in [9.17, 15) is 4.79 Å². The zero-order valence-electron chi connectivity index (χ0n) is 17.3. The molecule has 1 aliphatic heterocycles. The van der Waals surface area contributed by atoms with Crippen molar-refractivity contribution in [1.82, 2.24) is 9.97 Å². The molecule has 154 valence electrons. The van der Waals surface area contributed by atoms with Crippen molar-refractivity contribution in [2.24, 2.45) is 5.92 Å². The van der Waals surface area contributed by atoms with Gasteiger partial charge in [0.2, 0.25) is 0 Å². The number of piperidine rings is 1. The van der Waals surface area contributed by atoms with Crippen LogP contribution in [-0.2, 0) is 0 Å². The highest BCUT2D eigenvalue weighted by molar-refractivity contribution is 6.04. The number of nitrogens with zero attached hydrogens (tertiary/aromatic N) is 3. The normalized spacial score (nSPS) is 14.4. The summed E-state index contributed by atoms with van der Waals surface area (Å²) in [6.45, 7) is 6.20. The number of benzene rings is 2. The monoisotopic (exact) mass is 402 g/mol. The molecule has 0 radical (unpaired) electrons. The molecule has 0 spiro atoms. The fourth-order valence-corrected chi connectivity index (χ4v) is 3.45. The van der Waals surface area contributed by atoms with Gasteiger partial charge in [-0.25, -0.2) is 9.97 Å². The topological polar surface area (TPSA) is 67.3 Å². The quantitative estimate of drug-likeness (QED) is 0.646. The molecule has 30 heavy (non-hydrogen) atoms. The summed E-state index contributed by atoms with van der Waals surface area (Å²) >= 11 is 0. The van der Waals surface area contributed by atoms with Crippen LogP contribution in [0.25, 0.3) is 0 Å². The van der Waals surface area contributed by atoms with Gasteiger partial charge in [-0.2, -0.15) is 0 Å². The number of nitrogens with one attached hydrogen (secondary N) is 1. The highest BCUT2D eigenvalue weighted by Gasteiger charge is 2.21. The Hall–Kier alpha value is -3.41. The van der Waals surface area contributed by atoms with E-state index in [1.165, 1.54) is 0 Å². The second-order valence-electron chi connectivity index (χ2n) is 7.80. The smallest absolute Gasteiger partial charge is 0.263 e. The number of hydrogen-bond acceptors (Lipinski definition) is 5. The average Bonchev–Trinajstić information content (AvgIpc) is 2.77. The predicted octanol–water partition coefficient (Wildman–Crippen LogP) is 5.07. The molecule has 6 heteroatoms. The van der Waals surface area contributed by atoms with Crippen LogP contribution in [0.4, 0.5) is 11.5 Å². The molecule has 3 aromatic rings. The largest absolute Gasteiger partial charge is 0.436 e. The fourth-order valence-electron chi connectivity index (χ4n) is 3.45. The SMILES string of the molecule is Cc1ccc(NC(=O)c2ccc(Oc3nccnc3N3CCC(C)CC3)cc2)cc1. The molecule has 1 fully saturated rings. The number of ether oxygens (including phenoxy) is 1. The van der Waals surface area contributed by atoms with Crippen molar-refractivity contribution in [3.8, 4) is 11.6 Å². The van der Waals surface area contributed by atoms with Crippen molar-refractivity contribution in [3.05, 3.63) is 72.1 Å². The number of amides is 1. The lowest BCUT2D eigenvalue weighted by molar-refractivity contribution is 0.102. The minimum absolute atomic E-state index is 0.159. The summed E-state index contributed by atoms with van der Waals surface area (Å²) in [5, 5.41) is 2.90. The summed E-state index contributed by atoms with van der Waals surface area (Å²) in [6.07, 6.45) is 5.61. The molecular formula is C24H26N4O2. The van der Waals surface area contributed by atoms with Crippen LogP contribution in [0.3, 0.4) is 0 Å². The van der Waals surface area contributed by atoms with Crippen molar-refractivity contribution < 1.29 is 9.53 Å². The Kier molecular flexibility index (Phi) is 5.93. The zero-order chi connectivity index (χ0) is 20.9. The van der Waals surface area contributed by atoms with Crippen molar-refractivity contribution >= 4 is 17.4 Å². The Bertz CT molecular complexity index is 994. The minimum Gasteiger partial charge on any atom is -0.436 e. The van der Waals surface area contributed by atoms with Gasteiger partial charge in [0.25, 0.3) is 11.8 Å². The Balaban J connectivity index is 1.44. The third-order valence-electron chi connectivity index (χ3n) is 5.37. The van der Waals surface area contributed by atoms with E-state index in [0.29, 0.717) is 17.2 Å². The highest BCUT2D eigenvalue weighted by Crippen LogP contribution is 2.31. The lowest BCUT2D eigenvalue weighted by Crippen LogP contribution is -2.33. The first kappa shape index (κ1) is 19.9. The number of hydrogen-bond donors (Lipinski definition) is 1. The number of carbonyl (C=O) groups is 1. The van der Waals surface area contributed by atoms with E-state index in [4.69, 9.17) is 4.74 Å². The van der Waals surface area contributed by atoms with E-state index in [1.54, 1.807) is 36.7 Å². The molecule has 1 aromatic heterocycles. The summed E-state index contributed by atoms with van der Waals surface area (Å²) in [4.78, 5) is 23.6. The summed E-state index contributed by atoms with van der Waals surface area (Å²) in [6, 6.07) is 14.8. The van der Waals surface area contributed by atoms with Gasteiger partial charge < -0.3 is 15.0 Å².